The molecular weight excluding hydrogens is 363 g/mol. The van der Waals surface area contributed by atoms with E-state index in [-0.39, 0.29) is 0 Å². The van der Waals surface area contributed by atoms with E-state index in [1.165, 1.54) is 11.3 Å². The molecule has 0 bridgehead atoms. The highest BCUT2D eigenvalue weighted by atomic mass is 79.9. The molecule has 0 radical (unpaired) electrons. The molecule has 0 amide bonds. The smallest absolute Gasteiger partial charge is 0.380 e. The number of rotatable bonds is 3. The summed E-state index contributed by atoms with van der Waals surface area (Å²) in [6, 6.07) is 5.51. The van der Waals surface area contributed by atoms with Gasteiger partial charge in [-0.25, -0.2) is 0 Å². The molecule has 1 nitrogen and oxygen atoms in total. The van der Waals surface area contributed by atoms with E-state index in [0.29, 0.717) is 21.7 Å². The van der Waals surface area contributed by atoms with Gasteiger partial charge in [0.05, 0.1) is 10.6 Å². The molecule has 19 heavy (non-hydrogen) atoms. The van der Waals surface area contributed by atoms with E-state index >= 15 is 0 Å². The lowest BCUT2D eigenvalue weighted by Crippen LogP contribution is -2.06. The molecule has 2 aromatic rings. The minimum Gasteiger partial charge on any atom is -0.380 e. The number of thiophene rings is 1. The predicted molar refractivity (Wildman–Crippen MR) is 75.8 cm³/mol. The van der Waals surface area contributed by atoms with Crippen LogP contribution in [0.5, 0.6) is 0 Å². The fourth-order valence-corrected chi connectivity index (χ4v) is 3.00. The summed E-state index contributed by atoms with van der Waals surface area (Å²) in [5.41, 5.74) is -0.278. The molecule has 0 fully saturated rings. The van der Waals surface area contributed by atoms with Crippen LogP contribution in [0.2, 0.25) is 5.02 Å². The van der Waals surface area contributed by atoms with E-state index in [1.54, 1.807) is 17.5 Å². The summed E-state index contributed by atoms with van der Waals surface area (Å²) in [4.78, 5) is 0.957. The SMILES string of the molecule is FC(F)(F)c1cc(Br)cc(NCc2cc(Cl)cs2)c1. The molecule has 0 saturated heterocycles. The first kappa shape index (κ1) is 14.7. The lowest BCUT2D eigenvalue weighted by molar-refractivity contribution is -0.137. The van der Waals surface area contributed by atoms with Crippen molar-refractivity contribution in [3.63, 3.8) is 0 Å². The van der Waals surface area contributed by atoms with Crippen molar-refractivity contribution in [2.45, 2.75) is 12.7 Å². The Morgan fingerprint density at radius 1 is 1.21 bits per heavy atom. The van der Waals surface area contributed by atoms with E-state index in [4.69, 9.17) is 11.6 Å². The van der Waals surface area contributed by atoms with Crippen molar-refractivity contribution in [1.82, 2.24) is 0 Å². The maximum atomic E-state index is 12.7. The van der Waals surface area contributed by atoms with Crippen LogP contribution in [0.1, 0.15) is 10.4 Å². The van der Waals surface area contributed by atoms with Crippen LogP contribution in [0.3, 0.4) is 0 Å². The van der Waals surface area contributed by atoms with Gasteiger partial charge in [-0.1, -0.05) is 27.5 Å². The van der Waals surface area contributed by atoms with Crippen molar-refractivity contribution in [1.29, 1.82) is 0 Å². The Morgan fingerprint density at radius 3 is 2.53 bits per heavy atom. The van der Waals surface area contributed by atoms with Gasteiger partial charge in [0.2, 0.25) is 0 Å². The Balaban J connectivity index is 2.14. The van der Waals surface area contributed by atoms with Crippen LogP contribution in [0, 0.1) is 0 Å². The monoisotopic (exact) mass is 369 g/mol. The number of nitrogens with one attached hydrogen (secondary N) is 1. The van der Waals surface area contributed by atoms with Gasteiger partial charge in [0.1, 0.15) is 0 Å². The van der Waals surface area contributed by atoms with Crippen LogP contribution in [0.15, 0.2) is 34.1 Å². The maximum absolute atomic E-state index is 12.7. The van der Waals surface area contributed by atoms with Gasteiger partial charge in [0, 0.05) is 27.0 Å². The van der Waals surface area contributed by atoms with Gasteiger partial charge < -0.3 is 5.32 Å². The van der Waals surface area contributed by atoms with Gasteiger partial charge >= 0.3 is 6.18 Å². The van der Waals surface area contributed by atoms with Crippen LogP contribution < -0.4 is 5.32 Å². The number of benzene rings is 1. The molecule has 0 aliphatic heterocycles. The summed E-state index contributed by atoms with van der Waals surface area (Å²) in [6.07, 6.45) is -4.35. The average molecular weight is 371 g/mol. The first-order valence-corrected chi connectivity index (χ1v) is 7.24. The minimum atomic E-state index is -4.35. The summed E-state index contributed by atoms with van der Waals surface area (Å²) in [7, 11) is 0. The topological polar surface area (TPSA) is 12.0 Å². The molecule has 1 aromatic carbocycles. The lowest BCUT2D eigenvalue weighted by Gasteiger charge is -2.11. The standard InChI is InChI=1S/C12H8BrClF3NS/c13-8-1-7(12(15,16)17)2-10(3-8)18-5-11-4-9(14)6-19-11/h1-4,6,18H,5H2. The largest absolute Gasteiger partial charge is 0.416 e. The van der Waals surface area contributed by atoms with Crippen molar-refractivity contribution in [2.75, 3.05) is 5.32 Å². The van der Waals surface area contributed by atoms with Gasteiger partial charge in [0.25, 0.3) is 0 Å². The Hall–Kier alpha value is -0.720. The molecule has 7 heteroatoms. The zero-order valence-corrected chi connectivity index (χ0v) is 12.6. The predicted octanol–water partition coefficient (Wildman–Crippen LogP) is 5.79. The summed E-state index contributed by atoms with van der Waals surface area (Å²) in [5, 5.41) is 5.36. The second-order valence-corrected chi connectivity index (χ2v) is 6.16. The number of hydrogen-bond donors (Lipinski definition) is 1. The van der Waals surface area contributed by atoms with Crippen molar-refractivity contribution in [3.05, 3.63) is 49.6 Å². The van der Waals surface area contributed by atoms with Crippen molar-refractivity contribution in [2.24, 2.45) is 0 Å². The summed E-state index contributed by atoms with van der Waals surface area (Å²) in [6.45, 7) is 0.436. The molecule has 0 unspecified atom stereocenters. The molecule has 1 heterocycles. The van der Waals surface area contributed by atoms with Crippen molar-refractivity contribution >= 4 is 44.6 Å². The first-order valence-electron chi connectivity index (χ1n) is 5.19. The fraction of sp³-hybridized carbons (Fsp3) is 0.167. The minimum absolute atomic E-state index is 0.383. The number of alkyl halides is 3. The highest BCUT2D eigenvalue weighted by Crippen LogP contribution is 2.33. The molecule has 0 spiro atoms. The Kier molecular flexibility index (Phi) is 4.43. The maximum Gasteiger partial charge on any atom is 0.416 e. The third kappa shape index (κ3) is 4.12. The quantitative estimate of drug-likeness (QED) is 0.720. The molecule has 0 aliphatic carbocycles. The van der Waals surface area contributed by atoms with E-state index in [2.05, 4.69) is 21.2 Å². The van der Waals surface area contributed by atoms with Crippen LogP contribution >= 0.6 is 38.9 Å². The molecule has 102 valence electrons. The number of hydrogen-bond acceptors (Lipinski definition) is 2. The lowest BCUT2D eigenvalue weighted by atomic mass is 10.2. The van der Waals surface area contributed by atoms with Gasteiger partial charge in [-0.05, 0) is 24.3 Å². The molecule has 2 rings (SSSR count). The summed E-state index contributed by atoms with van der Waals surface area (Å²) < 4.78 is 38.3. The van der Waals surface area contributed by atoms with E-state index < -0.39 is 11.7 Å². The first-order chi connectivity index (χ1) is 8.84. The molecular formula is C12H8BrClF3NS. The Labute approximate surface area is 125 Å². The molecule has 1 aromatic heterocycles. The summed E-state index contributed by atoms with van der Waals surface area (Å²) in [5.74, 6) is 0. The molecule has 0 aliphatic rings. The van der Waals surface area contributed by atoms with E-state index in [9.17, 15) is 13.2 Å². The highest BCUT2D eigenvalue weighted by Gasteiger charge is 2.31. The average Bonchev–Trinajstić information content (AvgIpc) is 2.71. The Bertz CT molecular complexity index is 583. The van der Waals surface area contributed by atoms with Crippen LogP contribution in [0.25, 0.3) is 0 Å². The van der Waals surface area contributed by atoms with Crippen molar-refractivity contribution < 1.29 is 13.2 Å². The van der Waals surface area contributed by atoms with E-state index in [1.807, 2.05) is 0 Å². The third-order valence-electron chi connectivity index (χ3n) is 2.31. The van der Waals surface area contributed by atoms with Gasteiger partial charge in [-0.3, -0.25) is 0 Å². The van der Waals surface area contributed by atoms with Crippen LogP contribution in [-0.4, -0.2) is 0 Å². The van der Waals surface area contributed by atoms with Gasteiger partial charge in [0.15, 0.2) is 0 Å². The third-order valence-corrected chi connectivity index (χ3v) is 4.06. The second-order valence-electron chi connectivity index (χ2n) is 3.81. The highest BCUT2D eigenvalue weighted by molar-refractivity contribution is 9.10. The zero-order valence-electron chi connectivity index (χ0n) is 9.39. The normalized spacial score (nSPS) is 11.6. The molecule has 0 atom stereocenters. The zero-order chi connectivity index (χ0) is 14.0. The Morgan fingerprint density at radius 2 is 1.95 bits per heavy atom. The van der Waals surface area contributed by atoms with Crippen molar-refractivity contribution in [3.8, 4) is 0 Å². The second kappa shape index (κ2) is 5.73. The van der Waals surface area contributed by atoms with Crippen LogP contribution in [0.4, 0.5) is 18.9 Å². The number of halogens is 5. The fourth-order valence-electron chi connectivity index (χ4n) is 1.49. The number of anilines is 1. The van der Waals surface area contributed by atoms with E-state index in [0.717, 1.165) is 17.0 Å². The summed E-state index contributed by atoms with van der Waals surface area (Å²) >= 11 is 10.3. The molecule has 0 saturated carbocycles. The van der Waals surface area contributed by atoms with Crippen LogP contribution in [-0.2, 0) is 12.7 Å². The van der Waals surface area contributed by atoms with Gasteiger partial charge in [-0.15, -0.1) is 11.3 Å². The molecule has 1 N–H and O–H groups in total. The van der Waals surface area contributed by atoms with Gasteiger partial charge in [-0.2, -0.15) is 13.2 Å².